The number of hydrogen-bond acceptors (Lipinski definition) is 3. The van der Waals surface area contributed by atoms with E-state index in [0.29, 0.717) is 11.2 Å². The molecular weight excluding hydrogens is 250 g/mol. The Labute approximate surface area is 124 Å². The van der Waals surface area contributed by atoms with Gasteiger partial charge in [0.1, 0.15) is 5.78 Å². The van der Waals surface area contributed by atoms with Crippen LogP contribution in [0.25, 0.3) is 0 Å². The van der Waals surface area contributed by atoms with Crippen LogP contribution in [-0.2, 0) is 9.53 Å². The molecule has 1 saturated heterocycles. The molecule has 1 aliphatic heterocycles. The summed E-state index contributed by atoms with van der Waals surface area (Å²) >= 11 is 0. The van der Waals surface area contributed by atoms with Crippen molar-refractivity contribution in [3.63, 3.8) is 0 Å². The quantitative estimate of drug-likeness (QED) is 0.836. The number of ether oxygens (including phenoxy) is 1. The Bertz CT molecular complexity index is 270. The molecule has 0 aromatic heterocycles. The topological polar surface area (TPSA) is 38.3 Å². The fourth-order valence-electron chi connectivity index (χ4n) is 3.45. The molecule has 0 amide bonds. The molecule has 118 valence electrons. The Morgan fingerprint density at radius 2 is 1.90 bits per heavy atom. The van der Waals surface area contributed by atoms with E-state index in [2.05, 4.69) is 19.2 Å². The highest BCUT2D eigenvalue weighted by Crippen LogP contribution is 2.42. The molecule has 3 heteroatoms. The monoisotopic (exact) mass is 283 g/mol. The van der Waals surface area contributed by atoms with Gasteiger partial charge in [-0.1, -0.05) is 33.1 Å². The molecule has 0 aromatic carbocycles. The van der Waals surface area contributed by atoms with Crippen molar-refractivity contribution in [1.29, 1.82) is 0 Å². The van der Waals surface area contributed by atoms with E-state index in [1.807, 2.05) is 0 Å². The SMILES string of the molecule is CCCC(=O)C1CC2(CCCCC2)CN1.CCCOC. The molecular formula is C17H33NO2. The first kappa shape index (κ1) is 17.6. The Morgan fingerprint density at radius 1 is 1.20 bits per heavy atom. The molecule has 0 aromatic rings. The lowest BCUT2D eigenvalue weighted by molar-refractivity contribution is -0.120. The van der Waals surface area contributed by atoms with Crippen LogP contribution in [0.4, 0.5) is 0 Å². The summed E-state index contributed by atoms with van der Waals surface area (Å²) in [5.41, 5.74) is 0.492. The van der Waals surface area contributed by atoms with Crippen LogP contribution in [0, 0.1) is 5.41 Å². The standard InChI is InChI=1S/C13H23NO.C4H10O/c1-2-6-12(15)11-9-13(10-14-11)7-4-3-5-8-13;1-3-4-5-2/h11,14H,2-10H2,1H3;3-4H2,1-2H3. The van der Waals surface area contributed by atoms with E-state index >= 15 is 0 Å². The molecule has 3 nitrogen and oxygen atoms in total. The first-order valence-electron chi connectivity index (χ1n) is 8.42. The molecule has 2 rings (SSSR count). The van der Waals surface area contributed by atoms with Crippen LogP contribution in [0.15, 0.2) is 0 Å². The molecule has 1 atom stereocenters. The van der Waals surface area contributed by atoms with E-state index in [9.17, 15) is 4.79 Å². The van der Waals surface area contributed by atoms with Crippen molar-refractivity contribution >= 4 is 5.78 Å². The zero-order chi connectivity index (χ0) is 14.8. The largest absolute Gasteiger partial charge is 0.385 e. The average Bonchev–Trinajstić information content (AvgIpc) is 2.85. The van der Waals surface area contributed by atoms with Crippen LogP contribution in [0.1, 0.15) is 71.6 Å². The number of hydrogen-bond donors (Lipinski definition) is 1. The lowest BCUT2D eigenvalue weighted by Gasteiger charge is -2.32. The summed E-state index contributed by atoms with van der Waals surface area (Å²) < 4.78 is 4.69. The van der Waals surface area contributed by atoms with Crippen LogP contribution in [0.2, 0.25) is 0 Å². The fraction of sp³-hybridized carbons (Fsp3) is 0.941. The zero-order valence-electron chi connectivity index (χ0n) is 13.7. The van der Waals surface area contributed by atoms with Gasteiger partial charge in [0.2, 0.25) is 0 Å². The number of methoxy groups -OCH3 is 1. The predicted molar refractivity (Wildman–Crippen MR) is 84.0 cm³/mol. The van der Waals surface area contributed by atoms with Gasteiger partial charge in [-0.2, -0.15) is 0 Å². The lowest BCUT2D eigenvalue weighted by Crippen LogP contribution is -2.30. The van der Waals surface area contributed by atoms with Gasteiger partial charge in [-0.15, -0.1) is 0 Å². The molecule has 1 saturated carbocycles. The maximum atomic E-state index is 11.8. The number of carbonyl (C=O) groups is 1. The fourth-order valence-corrected chi connectivity index (χ4v) is 3.45. The van der Waals surface area contributed by atoms with Crippen molar-refractivity contribution in [3.05, 3.63) is 0 Å². The van der Waals surface area contributed by atoms with Gasteiger partial charge >= 0.3 is 0 Å². The summed E-state index contributed by atoms with van der Waals surface area (Å²) in [6, 6.07) is 0.183. The predicted octanol–water partition coefficient (Wildman–Crippen LogP) is 3.71. The second-order valence-corrected chi connectivity index (χ2v) is 6.41. The molecule has 2 aliphatic rings. The van der Waals surface area contributed by atoms with Gasteiger partial charge in [0.05, 0.1) is 6.04 Å². The smallest absolute Gasteiger partial charge is 0.149 e. The highest BCUT2D eigenvalue weighted by atomic mass is 16.5. The summed E-state index contributed by atoms with van der Waals surface area (Å²) in [6.07, 6.45) is 10.8. The normalized spacial score (nSPS) is 24.2. The van der Waals surface area contributed by atoms with Crippen molar-refractivity contribution in [2.45, 2.75) is 77.7 Å². The third kappa shape index (κ3) is 5.53. The summed E-state index contributed by atoms with van der Waals surface area (Å²) in [5.74, 6) is 0.444. The maximum Gasteiger partial charge on any atom is 0.149 e. The molecule has 0 bridgehead atoms. The van der Waals surface area contributed by atoms with Crippen molar-refractivity contribution in [3.8, 4) is 0 Å². The lowest BCUT2D eigenvalue weighted by atomic mass is 9.72. The minimum absolute atomic E-state index is 0.183. The van der Waals surface area contributed by atoms with Crippen LogP contribution in [0.3, 0.4) is 0 Å². The second kappa shape index (κ2) is 9.51. The number of rotatable bonds is 5. The van der Waals surface area contributed by atoms with E-state index in [4.69, 9.17) is 4.74 Å². The van der Waals surface area contributed by atoms with Crippen molar-refractivity contribution in [2.75, 3.05) is 20.3 Å². The van der Waals surface area contributed by atoms with Crippen molar-refractivity contribution in [1.82, 2.24) is 5.32 Å². The molecule has 2 fully saturated rings. The Kier molecular flexibility index (Phi) is 8.39. The number of carbonyl (C=O) groups excluding carboxylic acids is 1. The first-order valence-corrected chi connectivity index (χ1v) is 8.42. The van der Waals surface area contributed by atoms with Gasteiger partial charge in [0, 0.05) is 26.7 Å². The molecule has 0 radical (unpaired) electrons. The van der Waals surface area contributed by atoms with Gasteiger partial charge in [0.25, 0.3) is 0 Å². The van der Waals surface area contributed by atoms with Crippen LogP contribution < -0.4 is 5.32 Å². The van der Waals surface area contributed by atoms with Crippen LogP contribution >= 0.6 is 0 Å². The van der Waals surface area contributed by atoms with Gasteiger partial charge < -0.3 is 10.1 Å². The second-order valence-electron chi connectivity index (χ2n) is 6.41. The Balaban J connectivity index is 0.000000347. The summed E-state index contributed by atoms with van der Waals surface area (Å²) in [4.78, 5) is 11.8. The van der Waals surface area contributed by atoms with Crippen LogP contribution in [0.5, 0.6) is 0 Å². The van der Waals surface area contributed by atoms with Crippen molar-refractivity contribution < 1.29 is 9.53 Å². The maximum absolute atomic E-state index is 11.8. The molecule has 1 unspecified atom stereocenters. The minimum atomic E-state index is 0.183. The van der Waals surface area contributed by atoms with Gasteiger partial charge in [0.15, 0.2) is 0 Å². The summed E-state index contributed by atoms with van der Waals surface area (Å²) in [6.45, 7) is 6.15. The average molecular weight is 283 g/mol. The van der Waals surface area contributed by atoms with Gasteiger partial charge in [-0.3, -0.25) is 4.79 Å². The van der Waals surface area contributed by atoms with Gasteiger partial charge in [-0.25, -0.2) is 0 Å². The van der Waals surface area contributed by atoms with Crippen LogP contribution in [-0.4, -0.2) is 32.1 Å². The third-order valence-electron chi connectivity index (χ3n) is 4.57. The summed E-state index contributed by atoms with van der Waals surface area (Å²) in [7, 11) is 1.71. The zero-order valence-corrected chi connectivity index (χ0v) is 13.7. The molecule has 1 spiro atoms. The highest BCUT2D eigenvalue weighted by Gasteiger charge is 2.41. The summed E-state index contributed by atoms with van der Waals surface area (Å²) in [5, 5.41) is 3.45. The van der Waals surface area contributed by atoms with Gasteiger partial charge in [-0.05, 0) is 37.5 Å². The van der Waals surface area contributed by atoms with Crippen molar-refractivity contribution in [2.24, 2.45) is 5.41 Å². The number of Topliss-reactive ketones (excluding diaryl/α,β-unsaturated/α-hetero) is 1. The highest BCUT2D eigenvalue weighted by molar-refractivity contribution is 5.84. The molecule has 1 heterocycles. The van der Waals surface area contributed by atoms with E-state index in [1.54, 1.807) is 7.11 Å². The number of ketones is 1. The van der Waals surface area contributed by atoms with E-state index in [-0.39, 0.29) is 6.04 Å². The third-order valence-corrected chi connectivity index (χ3v) is 4.57. The Hall–Kier alpha value is -0.410. The minimum Gasteiger partial charge on any atom is -0.385 e. The molecule has 1 N–H and O–H groups in total. The molecule has 20 heavy (non-hydrogen) atoms. The number of nitrogens with one attached hydrogen (secondary N) is 1. The van der Waals surface area contributed by atoms with E-state index in [0.717, 1.165) is 38.8 Å². The molecule has 1 aliphatic carbocycles. The first-order chi connectivity index (χ1) is 9.67. The Morgan fingerprint density at radius 3 is 2.40 bits per heavy atom. The van der Waals surface area contributed by atoms with E-state index in [1.165, 1.54) is 32.1 Å². The van der Waals surface area contributed by atoms with E-state index < -0.39 is 0 Å².